The number of carbonyl (C=O) groups is 1. The van der Waals surface area contributed by atoms with Gasteiger partial charge in [-0.3, -0.25) is 4.79 Å². The maximum atomic E-state index is 13.7. The summed E-state index contributed by atoms with van der Waals surface area (Å²) in [5.74, 6) is 0.0850. The van der Waals surface area contributed by atoms with Gasteiger partial charge in [0, 0.05) is 54.5 Å². The summed E-state index contributed by atoms with van der Waals surface area (Å²) in [7, 11) is 0. The van der Waals surface area contributed by atoms with E-state index < -0.39 is 0 Å². The van der Waals surface area contributed by atoms with Crippen molar-refractivity contribution in [3.05, 3.63) is 138 Å². The first-order valence-corrected chi connectivity index (χ1v) is 15.0. The zero-order valence-electron chi connectivity index (χ0n) is 24.1. The van der Waals surface area contributed by atoms with Crippen LogP contribution >= 0.6 is 0 Å². The summed E-state index contributed by atoms with van der Waals surface area (Å²) in [6, 6.07) is 39.3. The molecule has 1 aliphatic carbocycles. The smallest absolute Gasteiger partial charge is 0.193 e. The van der Waals surface area contributed by atoms with Crippen LogP contribution in [0.4, 0.5) is 0 Å². The van der Waals surface area contributed by atoms with Crippen LogP contribution in [0.5, 0.6) is 0 Å². The SMILES string of the molecule is CC1(C)c2ccccc2C(=O)c2ccc(-n3c4ccc5oc6ccccc6c5c4c4c5c(ccc43)oc3ccccc35)cc21. The number of hydrogen-bond donors (Lipinski definition) is 0. The average Bonchev–Trinajstić information content (AvgIpc) is 3.72. The number of carbonyl (C=O) groups excluding carboxylic acids is 1. The quantitative estimate of drug-likeness (QED) is 0.198. The van der Waals surface area contributed by atoms with E-state index in [4.69, 9.17) is 8.83 Å². The molecule has 3 heterocycles. The molecule has 9 aromatic rings. The highest BCUT2D eigenvalue weighted by Crippen LogP contribution is 2.47. The van der Waals surface area contributed by atoms with Gasteiger partial charge in [0.05, 0.1) is 11.0 Å². The molecule has 10 rings (SSSR count). The molecule has 0 saturated heterocycles. The predicted molar refractivity (Wildman–Crippen MR) is 177 cm³/mol. The van der Waals surface area contributed by atoms with E-state index in [0.717, 1.165) is 93.6 Å². The van der Waals surface area contributed by atoms with Gasteiger partial charge in [-0.15, -0.1) is 0 Å². The molecule has 1 aliphatic rings. The van der Waals surface area contributed by atoms with Gasteiger partial charge in [0.2, 0.25) is 0 Å². The summed E-state index contributed by atoms with van der Waals surface area (Å²) in [4.78, 5) is 13.7. The Hall–Kier alpha value is -5.61. The molecular formula is C40H25NO3. The van der Waals surface area contributed by atoms with E-state index >= 15 is 0 Å². The van der Waals surface area contributed by atoms with Crippen molar-refractivity contribution in [2.24, 2.45) is 0 Å². The Labute approximate surface area is 251 Å². The molecule has 0 amide bonds. The zero-order valence-corrected chi connectivity index (χ0v) is 24.1. The standard InChI is InChI=1S/C40H25NO3/c1-40(2)27-12-6-3-9-23(27)39(42)24-16-15-22(21-28(24)40)41-29-17-19-33-35(25-10-4-7-13-31(25)43-33)37(29)38-30(41)18-20-34-36(38)26-11-5-8-14-32(26)44-34/h3-21H,1-2H3. The first-order valence-electron chi connectivity index (χ1n) is 15.0. The van der Waals surface area contributed by atoms with Crippen LogP contribution in [0.25, 0.3) is 71.4 Å². The molecular weight excluding hydrogens is 542 g/mol. The number of furan rings is 2. The molecule has 208 valence electrons. The van der Waals surface area contributed by atoms with Crippen molar-refractivity contribution >= 4 is 71.5 Å². The number of para-hydroxylation sites is 2. The third kappa shape index (κ3) is 2.85. The van der Waals surface area contributed by atoms with Gasteiger partial charge in [-0.25, -0.2) is 0 Å². The molecule has 0 spiro atoms. The molecule has 0 fully saturated rings. The summed E-state index contributed by atoms with van der Waals surface area (Å²) in [6.45, 7) is 4.43. The van der Waals surface area contributed by atoms with Crippen LogP contribution in [0.1, 0.15) is 40.9 Å². The Morgan fingerprint density at radius 3 is 1.70 bits per heavy atom. The van der Waals surface area contributed by atoms with Crippen molar-refractivity contribution in [3.63, 3.8) is 0 Å². The molecule has 6 aromatic carbocycles. The molecule has 44 heavy (non-hydrogen) atoms. The number of fused-ring (bicyclic) bond motifs is 13. The third-order valence-corrected chi connectivity index (χ3v) is 9.80. The lowest BCUT2D eigenvalue weighted by molar-refractivity contribution is 0.103. The Bertz CT molecular complexity index is 2590. The van der Waals surface area contributed by atoms with Crippen LogP contribution < -0.4 is 0 Å². The molecule has 4 heteroatoms. The third-order valence-electron chi connectivity index (χ3n) is 9.80. The minimum atomic E-state index is -0.337. The Kier molecular flexibility index (Phi) is 4.38. The van der Waals surface area contributed by atoms with Gasteiger partial charge in [-0.2, -0.15) is 0 Å². The van der Waals surface area contributed by atoms with Crippen LogP contribution in [0.2, 0.25) is 0 Å². The molecule has 0 aliphatic heterocycles. The van der Waals surface area contributed by atoms with Gasteiger partial charge < -0.3 is 13.4 Å². The molecule has 0 bridgehead atoms. The largest absolute Gasteiger partial charge is 0.456 e. The van der Waals surface area contributed by atoms with E-state index in [1.165, 1.54) is 0 Å². The molecule has 0 saturated carbocycles. The lowest BCUT2D eigenvalue weighted by Crippen LogP contribution is -2.30. The highest BCUT2D eigenvalue weighted by atomic mass is 16.3. The normalized spacial score (nSPS) is 14.4. The summed E-state index contributed by atoms with van der Waals surface area (Å²) in [5.41, 5.74) is 9.96. The Morgan fingerprint density at radius 1 is 0.523 bits per heavy atom. The number of ketones is 1. The second-order valence-electron chi connectivity index (χ2n) is 12.4. The van der Waals surface area contributed by atoms with Crippen LogP contribution in [0.15, 0.2) is 124 Å². The molecule has 0 radical (unpaired) electrons. The van der Waals surface area contributed by atoms with Gasteiger partial charge in [-0.1, -0.05) is 74.5 Å². The fraction of sp³-hybridized carbons (Fsp3) is 0.0750. The number of aromatic nitrogens is 1. The van der Waals surface area contributed by atoms with Gasteiger partial charge in [0.1, 0.15) is 22.3 Å². The minimum Gasteiger partial charge on any atom is -0.456 e. The van der Waals surface area contributed by atoms with Crippen molar-refractivity contribution in [3.8, 4) is 5.69 Å². The van der Waals surface area contributed by atoms with E-state index in [9.17, 15) is 4.79 Å². The fourth-order valence-electron chi connectivity index (χ4n) is 7.80. The maximum Gasteiger partial charge on any atom is 0.193 e. The van der Waals surface area contributed by atoms with Crippen LogP contribution in [0, 0.1) is 0 Å². The van der Waals surface area contributed by atoms with Crippen molar-refractivity contribution < 1.29 is 13.6 Å². The summed E-state index contributed by atoms with van der Waals surface area (Å²) >= 11 is 0. The predicted octanol–water partition coefficient (Wildman–Crippen LogP) is 10.5. The zero-order chi connectivity index (χ0) is 29.3. The number of rotatable bonds is 1. The van der Waals surface area contributed by atoms with Crippen LogP contribution in [-0.4, -0.2) is 10.4 Å². The van der Waals surface area contributed by atoms with E-state index in [1.54, 1.807) is 0 Å². The van der Waals surface area contributed by atoms with Crippen LogP contribution in [-0.2, 0) is 5.41 Å². The van der Waals surface area contributed by atoms with Gasteiger partial charge in [-0.05, 0) is 65.7 Å². The van der Waals surface area contributed by atoms with E-state index in [2.05, 4.69) is 85.1 Å². The van der Waals surface area contributed by atoms with Gasteiger partial charge in [0.25, 0.3) is 0 Å². The summed E-state index contributed by atoms with van der Waals surface area (Å²) in [6.07, 6.45) is 0. The Morgan fingerprint density at radius 2 is 1.07 bits per heavy atom. The maximum absolute atomic E-state index is 13.7. The Balaban J connectivity index is 1.39. The fourth-order valence-corrected chi connectivity index (χ4v) is 7.80. The topological polar surface area (TPSA) is 48.3 Å². The van der Waals surface area contributed by atoms with Crippen molar-refractivity contribution in [2.45, 2.75) is 19.3 Å². The first-order chi connectivity index (χ1) is 21.5. The first kappa shape index (κ1) is 23.9. The van der Waals surface area contributed by atoms with Gasteiger partial charge >= 0.3 is 0 Å². The molecule has 0 atom stereocenters. The monoisotopic (exact) mass is 567 g/mol. The molecule has 3 aromatic heterocycles. The lowest BCUT2D eigenvalue weighted by atomic mass is 9.68. The van der Waals surface area contributed by atoms with Crippen molar-refractivity contribution in [2.75, 3.05) is 0 Å². The average molecular weight is 568 g/mol. The van der Waals surface area contributed by atoms with Crippen molar-refractivity contribution in [1.82, 2.24) is 4.57 Å². The molecule has 0 unspecified atom stereocenters. The van der Waals surface area contributed by atoms with Gasteiger partial charge in [0.15, 0.2) is 5.78 Å². The highest BCUT2D eigenvalue weighted by molar-refractivity contribution is 6.35. The summed E-state index contributed by atoms with van der Waals surface area (Å²) in [5, 5.41) is 6.65. The number of benzene rings is 6. The van der Waals surface area contributed by atoms with E-state index in [1.807, 2.05) is 48.5 Å². The highest BCUT2D eigenvalue weighted by Gasteiger charge is 2.37. The van der Waals surface area contributed by atoms with E-state index in [-0.39, 0.29) is 11.2 Å². The molecule has 4 nitrogen and oxygen atoms in total. The minimum absolute atomic E-state index is 0.0850. The summed E-state index contributed by atoms with van der Waals surface area (Å²) < 4.78 is 15.1. The van der Waals surface area contributed by atoms with Crippen molar-refractivity contribution in [1.29, 1.82) is 0 Å². The number of nitrogens with zero attached hydrogens (tertiary/aromatic N) is 1. The van der Waals surface area contributed by atoms with E-state index in [0.29, 0.717) is 0 Å². The van der Waals surface area contributed by atoms with Crippen LogP contribution in [0.3, 0.4) is 0 Å². The second kappa shape index (κ2) is 8.06. The molecule has 0 N–H and O–H groups in total. The lowest BCUT2D eigenvalue weighted by Gasteiger charge is -2.34. The number of hydrogen-bond acceptors (Lipinski definition) is 3. The second-order valence-corrected chi connectivity index (χ2v) is 12.4.